The zero-order chi connectivity index (χ0) is 11.7. The highest BCUT2D eigenvalue weighted by Crippen LogP contribution is 2.30. The molecule has 2 aromatic carbocycles. The fourth-order valence-corrected chi connectivity index (χ4v) is 3.84. The first-order chi connectivity index (χ1) is 7.65. The number of hydrogen-bond acceptors (Lipinski definition) is 2. The molecule has 2 aromatic rings. The predicted octanol–water partition coefficient (Wildman–Crippen LogP) is 3.63. The van der Waals surface area contributed by atoms with Crippen LogP contribution in [-0.4, -0.2) is 11.1 Å². The Balaban J connectivity index is 2.98. The minimum atomic E-state index is -1.48. The van der Waals surface area contributed by atoms with Crippen molar-refractivity contribution in [2.75, 3.05) is 0 Å². The summed E-state index contributed by atoms with van der Waals surface area (Å²) in [6.07, 6.45) is 0. The number of rotatable bonds is 2. The number of fused-ring (bicyclic) bond motifs is 1. The van der Waals surface area contributed by atoms with Gasteiger partial charge in [0, 0.05) is 3.57 Å². The van der Waals surface area contributed by atoms with E-state index in [0.717, 1.165) is 8.96 Å². The SMILES string of the molecule is O=Ic1c(I)cc2ccccc2c1C(=O)O. The number of carboxylic acid groups (broad SMARTS) is 1. The number of carboxylic acids is 1. The lowest BCUT2D eigenvalue weighted by Gasteiger charge is -2.06. The highest BCUT2D eigenvalue weighted by Gasteiger charge is 2.17. The quantitative estimate of drug-likeness (QED) is 0.727. The molecule has 0 fully saturated rings. The fraction of sp³-hybridized carbons (Fsp3) is 0. The molecule has 82 valence electrons. The molecule has 0 bridgehead atoms. The molecule has 0 spiro atoms. The standard InChI is InChI=1S/C11H6I2O3/c12-8-5-6-3-1-2-4-7(6)9(11(14)15)10(8)13-16/h1-5H,(H,14,15). The zero-order valence-electron chi connectivity index (χ0n) is 7.91. The average Bonchev–Trinajstić information content (AvgIpc) is 2.26. The van der Waals surface area contributed by atoms with Crippen LogP contribution in [0.5, 0.6) is 0 Å². The van der Waals surface area contributed by atoms with Gasteiger partial charge in [0.1, 0.15) is 0 Å². The molecule has 3 nitrogen and oxygen atoms in total. The van der Waals surface area contributed by atoms with Crippen LogP contribution in [0.3, 0.4) is 0 Å². The molecule has 0 unspecified atom stereocenters. The van der Waals surface area contributed by atoms with E-state index in [4.69, 9.17) is 0 Å². The molecule has 0 saturated heterocycles. The van der Waals surface area contributed by atoms with E-state index in [1.54, 1.807) is 12.1 Å². The van der Waals surface area contributed by atoms with Crippen molar-refractivity contribution in [3.63, 3.8) is 0 Å². The van der Waals surface area contributed by atoms with Gasteiger partial charge in [-0.25, -0.2) is 4.79 Å². The van der Waals surface area contributed by atoms with Crippen LogP contribution in [0.25, 0.3) is 10.8 Å². The summed E-state index contributed by atoms with van der Waals surface area (Å²) in [4.78, 5) is 11.2. The zero-order valence-corrected chi connectivity index (χ0v) is 12.2. The van der Waals surface area contributed by atoms with Crippen molar-refractivity contribution in [3.8, 4) is 0 Å². The van der Waals surface area contributed by atoms with E-state index in [2.05, 4.69) is 0 Å². The summed E-state index contributed by atoms with van der Waals surface area (Å²) in [6.45, 7) is 0. The van der Waals surface area contributed by atoms with Gasteiger partial charge in [-0.3, -0.25) is 3.07 Å². The fourth-order valence-electron chi connectivity index (χ4n) is 1.57. The Labute approximate surface area is 116 Å². The van der Waals surface area contributed by atoms with Gasteiger partial charge in [-0.1, -0.05) is 24.3 Å². The number of hydrogen-bond donors (Lipinski definition) is 1. The lowest BCUT2D eigenvalue weighted by molar-refractivity contribution is 0.0698. The molecule has 1 N–H and O–H groups in total. The Morgan fingerprint density at radius 2 is 2.00 bits per heavy atom. The minimum Gasteiger partial charge on any atom is -0.478 e. The first kappa shape index (κ1) is 11.9. The second-order valence-corrected chi connectivity index (χ2v) is 5.83. The molecular formula is C11H6I2O3. The van der Waals surface area contributed by atoms with Gasteiger partial charge in [-0.05, 0) is 39.4 Å². The van der Waals surface area contributed by atoms with E-state index in [9.17, 15) is 13.0 Å². The van der Waals surface area contributed by atoms with Gasteiger partial charge in [-0.15, -0.1) is 0 Å². The molecule has 0 aromatic heterocycles. The van der Waals surface area contributed by atoms with Crippen molar-refractivity contribution in [2.45, 2.75) is 0 Å². The van der Waals surface area contributed by atoms with Crippen LogP contribution in [0.4, 0.5) is 0 Å². The maximum atomic E-state index is 11.2. The van der Waals surface area contributed by atoms with E-state index in [-0.39, 0.29) is 5.56 Å². The number of aromatic carboxylic acids is 1. The van der Waals surface area contributed by atoms with Crippen LogP contribution in [0.15, 0.2) is 30.3 Å². The van der Waals surface area contributed by atoms with Crippen molar-refractivity contribution < 1.29 is 13.0 Å². The van der Waals surface area contributed by atoms with Crippen LogP contribution >= 0.6 is 43.8 Å². The molecule has 0 aliphatic heterocycles. The Hall–Kier alpha value is -0.570. The van der Waals surface area contributed by atoms with Gasteiger partial charge in [0.05, 0.1) is 9.13 Å². The van der Waals surface area contributed by atoms with Gasteiger partial charge in [-0.2, -0.15) is 0 Å². The normalized spacial score (nSPS) is 10.6. The second-order valence-electron chi connectivity index (χ2n) is 3.15. The highest BCUT2D eigenvalue weighted by atomic mass is 127. The lowest BCUT2D eigenvalue weighted by Crippen LogP contribution is -2.03. The van der Waals surface area contributed by atoms with Crippen molar-refractivity contribution in [1.29, 1.82) is 0 Å². The van der Waals surface area contributed by atoms with Gasteiger partial charge in [0.2, 0.25) is 0 Å². The van der Waals surface area contributed by atoms with Crippen LogP contribution in [0.2, 0.25) is 0 Å². The van der Waals surface area contributed by atoms with E-state index in [1.165, 1.54) is 0 Å². The van der Waals surface area contributed by atoms with E-state index >= 15 is 0 Å². The minimum absolute atomic E-state index is 0.185. The van der Waals surface area contributed by atoms with Crippen molar-refractivity contribution in [2.24, 2.45) is 0 Å². The molecule has 0 amide bonds. The average molecular weight is 440 g/mol. The maximum absolute atomic E-state index is 11.2. The van der Waals surface area contributed by atoms with Gasteiger partial charge < -0.3 is 5.11 Å². The third kappa shape index (κ3) is 1.97. The predicted molar refractivity (Wildman–Crippen MR) is 77.0 cm³/mol. The van der Waals surface area contributed by atoms with Crippen LogP contribution < -0.4 is 0 Å². The third-order valence-electron chi connectivity index (χ3n) is 2.23. The summed E-state index contributed by atoms with van der Waals surface area (Å²) in [5.74, 6) is -1.01. The Morgan fingerprint density at radius 3 is 2.62 bits per heavy atom. The second kappa shape index (κ2) is 4.74. The maximum Gasteiger partial charge on any atom is 0.337 e. The molecule has 2 rings (SSSR count). The third-order valence-corrected chi connectivity index (χ3v) is 5.68. The van der Waals surface area contributed by atoms with E-state index < -0.39 is 27.2 Å². The Kier molecular flexibility index (Phi) is 3.53. The monoisotopic (exact) mass is 440 g/mol. The molecular weight excluding hydrogens is 434 g/mol. The summed E-state index contributed by atoms with van der Waals surface area (Å²) < 4.78 is 12.4. The van der Waals surface area contributed by atoms with Gasteiger partial charge >= 0.3 is 5.97 Å². The summed E-state index contributed by atoms with van der Waals surface area (Å²) in [6, 6.07) is 9.12. The Morgan fingerprint density at radius 1 is 1.31 bits per heavy atom. The number of halogens is 2. The first-order valence-electron chi connectivity index (χ1n) is 4.36. The molecule has 0 atom stereocenters. The van der Waals surface area contributed by atoms with Crippen LogP contribution in [0, 0.1) is 7.14 Å². The molecule has 16 heavy (non-hydrogen) atoms. The summed E-state index contributed by atoms with van der Waals surface area (Å²) in [7, 11) is 0. The largest absolute Gasteiger partial charge is 0.478 e. The van der Waals surface area contributed by atoms with Crippen molar-refractivity contribution in [3.05, 3.63) is 43.0 Å². The number of benzene rings is 2. The van der Waals surface area contributed by atoms with E-state index in [1.807, 2.05) is 40.8 Å². The summed E-state index contributed by atoms with van der Waals surface area (Å²) in [5, 5.41) is 10.7. The lowest BCUT2D eigenvalue weighted by atomic mass is 10.1. The van der Waals surface area contributed by atoms with Crippen LogP contribution in [-0.2, 0) is 3.07 Å². The molecule has 0 saturated carbocycles. The first-order valence-corrected chi connectivity index (χ1v) is 7.40. The molecule has 5 heteroatoms. The van der Waals surface area contributed by atoms with Gasteiger partial charge in [0.15, 0.2) is 21.2 Å². The highest BCUT2D eigenvalue weighted by molar-refractivity contribution is 14.2. The smallest absolute Gasteiger partial charge is 0.337 e. The molecule has 0 heterocycles. The summed E-state index contributed by atoms with van der Waals surface area (Å²) >= 11 is 0.551. The van der Waals surface area contributed by atoms with Crippen LogP contribution in [0.1, 0.15) is 10.4 Å². The van der Waals surface area contributed by atoms with Crippen molar-refractivity contribution >= 4 is 60.5 Å². The Bertz CT molecular complexity index is 593. The number of carbonyl (C=O) groups is 1. The van der Waals surface area contributed by atoms with Crippen molar-refractivity contribution in [1.82, 2.24) is 0 Å². The molecule has 0 aliphatic carbocycles. The molecule has 0 radical (unpaired) electrons. The molecule has 0 aliphatic rings. The summed E-state index contributed by atoms with van der Waals surface area (Å²) in [5.41, 5.74) is 0.185. The topological polar surface area (TPSA) is 54.4 Å². The van der Waals surface area contributed by atoms with Gasteiger partial charge in [0.25, 0.3) is 0 Å². The van der Waals surface area contributed by atoms with E-state index in [0.29, 0.717) is 8.96 Å².